The van der Waals surface area contributed by atoms with E-state index in [0.29, 0.717) is 6.04 Å². The largest absolute Gasteiger partial charge is 0.359 e. The number of hydrogen-bond acceptors (Lipinski definition) is 3. The van der Waals surface area contributed by atoms with Gasteiger partial charge in [-0.1, -0.05) is 0 Å². The van der Waals surface area contributed by atoms with Crippen LogP contribution in [0.25, 0.3) is 0 Å². The summed E-state index contributed by atoms with van der Waals surface area (Å²) in [5, 5.41) is 3.08. The molecule has 4 heteroatoms. The van der Waals surface area contributed by atoms with Crippen LogP contribution in [0.15, 0.2) is 12.4 Å². The normalized spacial score (nSPS) is 13.2. The van der Waals surface area contributed by atoms with Crippen molar-refractivity contribution in [1.82, 2.24) is 14.5 Å². The molecule has 0 radical (unpaired) electrons. The molecule has 0 aliphatic heterocycles. The molecule has 0 aliphatic carbocycles. The van der Waals surface area contributed by atoms with Crippen molar-refractivity contribution in [2.24, 2.45) is 0 Å². The molecule has 1 atom stereocenters. The van der Waals surface area contributed by atoms with Crippen LogP contribution in [0, 0.1) is 0 Å². The molecule has 1 rings (SSSR count). The molecule has 0 bridgehead atoms. The third kappa shape index (κ3) is 2.73. The minimum absolute atomic E-state index is 0.488. The zero-order valence-corrected chi connectivity index (χ0v) is 9.49. The lowest BCUT2D eigenvalue weighted by Crippen LogP contribution is -2.18. The molecular weight excluding hydrogens is 176 g/mol. The maximum atomic E-state index is 4.22. The Morgan fingerprint density at radius 2 is 2.29 bits per heavy atom. The molecule has 0 saturated heterocycles. The molecule has 0 saturated carbocycles. The molecular formula is C10H20N4. The van der Waals surface area contributed by atoms with E-state index in [4.69, 9.17) is 0 Å². The molecule has 1 N–H and O–H groups in total. The van der Waals surface area contributed by atoms with Gasteiger partial charge >= 0.3 is 0 Å². The van der Waals surface area contributed by atoms with Gasteiger partial charge < -0.3 is 14.8 Å². The number of imidazole rings is 1. The lowest BCUT2D eigenvalue weighted by atomic mass is 10.2. The van der Waals surface area contributed by atoms with Crippen molar-refractivity contribution in [2.45, 2.75) is 19.4 Å². The zero-order chi connectivity index (χ0) is 10.6. The van der Waals surface area contributed by atoms with Gasteiger partial charge in [-0.05, 0) is 34.0 Å². The summed E-state index contributed by atoms with van der Waals surface area (Å²) in [5.41, 5.74) is 0. The van der Waals surface area contributed by atoms with E-state index in [-0.39, 0.29) is 0 Å². The van der Waals surface area contributed by atoms with Crippen molar-refractivity contribution in [2.75, 3.05) is 33.0 Å². The fraction of sp³-hybridized carbons (Fsp3) is 0.700. The molecule has 1 aromatic heterocycles. The molecule has 1 aromatic rings. The first kappa shape index (κ1) is 11.0. The van der Waals surface area contributed by atoms with E-state index in [2.05, 4.69) is 40.8 Å². The van der Waals surface area contributed by atoms with Crippen molar-refractivity contribution in [3.05, 3.63) is 12.4 Å². The fourth-order valence-electron chi connectivity index (χ4n) is 1.45. The molecule has 1 unspecified atom stereocenters. The van der Waals surface area contributed by atoms with Gasteiger partial charge in [0, 0.05) is 25.5 Å². The number of nitrogens with one attached hydrogen (secondary N) is 1. The summed E-state index contributed by atoms with van der Waals surface area (Å²) in [4.78, 5) is 6.42. The molecule has 14 heavy (non-hydrogen) atoms. The highest BCUT2D eigenvalue weighted by molar-refractivity contribution is 5.24. The minimum Gasteiger partial charge on any atom is -0.359 e. The Balaban J connectivity index is 2.55. The Hall–Kier alpha value is -1.03. The molecule has 0 spiro atoms. The first-order valence-corrected chi connectivity index (χ1v) is 5.00. The van der Waals surface area contributed by atoms with Gasteiger partial charge in [-0.25, -0.2) is 4.98 Å². The molecule has 80 valence electrons. The van der Waals surface area contributed by atoms with E-state index in [1.165, 1.54) is 0 Å². The Labute approximate surface area is 85.9 Å². The standard InChI is InChI=1S/C10H20N4/c1-9(5-7-13(3)4)14-8-6-12-10(14)11-2/h6,8-9H,5,7H2,1-4H3,(H,11,12). The SMILES string of the molecule is CNc1nccn1C(C)CCN(C)C. The van der Waals surface area contributed by atoms with Gasteiger partial charge in [0.2, 0.25) is 5.95 Å². The molecule has 0 amide bonds. The van der Waals surface area contributed by atoms with Crippen LogP contribution in [-0.4, -0.2) is 42.1 Å². The number of nitrogens with zero attached hydrogens (tertiary/aromatic N) is 3. The smallest absolute Gasteiger partial charge is 0.202 e. The van der Waals surface area contributed by atoms with Crippen LogP contribution in [-0.2, 0) is 0 Å². The predicted octanol–water partition coefficient (Wildman–Crippen LogP) is 1.44. The lowest BCUT2D eigenvalue weighted by molar-refractivity contribution is 0.359. The fourth-order valence-corrected chi connectivity index (χ4v) is 1.45. The second kappa shape index (κ2) is 5.00. The number of rotatable bonds is 5. The van der Waals surface area contributed by atoms with Crippen LogP contribution in [0.1, 0.15) is 19.4 Å². The topological polar surface area (TPSA) is 33.1 Å². The van der Waals surface area contributed by atoms with Crippen LogP contribution >= 0.6 is 0 Å². The summed E-state index contributed by atoms with van der Waals surface area (Å²) < 4.78 is 2.17. The van der Waals surface area contributed by atoms with Gasteiger partial charge in [0.15, 0.2) is 0 Å². The van der Waals surface area contributed by atoms with Crippen LogP contribution in [0.4, 0.5) is 5.95 Å². The number of anilines is 1. The van der Waals surface area contributed by atoms with Gasteiger partial charge in [-0.3, -0.25) is 0 Å². The second-order valence-corrected chi connectivity index (χ2v) is 3.85. The average molecular weight is 196 g/mol. The summed E-state index contributed by atoms with van der Waals surface area (Å²) >= 11 is 0. The van der Waals surface area contributed by atoms with Crippen LogP contribution in [0.3, 0.4) is 0 Å². The summed E-state index contributed by atoms with van der Waals surface area (Å²) in [5.74, 6) is 0.941. The highest BCUT2D eigenvalue weighted by Gasteiger charge is 2.08. The molecule has 4 nitrogen and oxygen atoms in total. The van der Waals surface area contributed by atoms with Gasteiger partial charge in [0.25, 0.3) is 0 Å². The highest BCUT2D eigenvalue weighted by Crippen LogP contribution is 2.15. The maximum Gasteiger partial charge on any atom is 0.202 e. The minimum atomic E-state index is 0.488. The van der Waals surface area contributed by atoms with Crippen molar-refractivity contribution in [3.63, 3.8) is 0 Å². The average Bonchev–Trinajstić information content (AvgIpc) is 2.61. The first-order valence-electron chi connectivity index (χ1n) is 5.00. The zero-order valence-electron chi connectivity index (χ0n) is 9.49. The van der Waals surface area contributed by atoms with Crippen molar-refractivity contribution >= 4 is 5.95 Å². The lowest BCUT2D eigenvalue weighted by Gasteiger charge is -2.18. The van der Waals surface area contributed by atoms with Crippen LogP contribution in [0.2, 0.25) is 0 Å². The predicted molar refractivity (Wildman–Crippen MR) is 59.7 cm³/mol. The summed E-state index contributed by atoms with van der Waals surface area (Å²) in [6.07, 6.45) is 4.99. The van der Waals surface area contributed by atoms with Gasteiger partial charge in [0.05, 0.1) is 0 Å². The summed E-state index contributed by atoms with van der Waals surface area (Å²) in [6.45, 7) is 3.31. The Morgan fingerprint density at radius 1 is 1.57 bits per heavy atom. The van der Waals surface area contributed by atoms with E-state index >= 15 is 0 Å². The van der Waals surface area contributed by atoms with Gasteiger partial charge in [-0.2, -0.15) is 0 Å². The van der Waals surface area contributed by atoms with Gasteiger partial charge in [-0.15, -0.1) is 0 Å². The van der Waals surface area contributed by atoms with E-state index in [1.54, 1.807) is 0 Å². The van der Waals surface area contributed by atoms with E-state index in [9.17, 15) is 0 Å². The summed E-state index contributed by atoms with van der Waals surface area (Å²) in [7, 11) is 6.09. The molecule has 0 aromatic carbocycles. The molecule has 0 fully saturated rings. The Bertz CT molecular complexity index is 267. The summed E-state index contributed by atoms with van der Waals surface area (Å²) in [6, 6.07) is 0.488. The van der Waals surface area contributed by atoms with E-state index < -0.39 is 0 Å². The first-order chi connectivity index (χ1) is 6.65. The van der Waals surface area contributed by atoms with Crippen LogP contribution < -0.4 is 5.32 Å². The molecule has 0 aliphatic rings. The second-order valence-electron chi connectivity index (χ2n) is 3.85. The van der Waals surface area contributed by atoms with E-state index in [0.717, 1.165) is 18.9 Å². The number of hydrogen-bond donors (Lipinski definition) is 1. The third-order valence-corrected chi connectivity index (χ3v) is 2.36. The molecule has 1 heterocycles. The Morgan fingerprint density at radius 3 is 2.86 bits per heavy atom. The third-order valence-electron chi connectivity index (χ3n) is 2.36. The van der Waals surface area contributed by atoms with Crippen molar-refractivity contribution < 1.29 is 0 Å². The van der Waals surface area contributed by atoms with Crippen LogP contribution in [0.5, 0.6) is 0 Å². The maximum absolute atomic E-state index is 4.22. The van der Waals surface area contributed by atoms with E-state index in [1.807, 2.05) is 19.4 Å². The van der Waals surface area contributed by atoms with Crippen molar-refractivity contribution in [3.8, 4) is 0 Å². The monoisotopic (exact) mass is 196 g/mol. The quantitative estimate of drug-likeness (QED) is 0.773. The Kier molecular flexibility index (Phi) is 3.95. The highest BCUT2D eigenvalue weighted by atomic mass is 15.2. The number of aromatic nitrogens is 2. The van der Waals surface area contributed by atoms with Crippen molar-refractivity contribution in [1.29, 1.82) is 0 Å². The van der Waals surface area contributed by atoms with Gasteiger partial charge in [0.1, 0.15) is 0 Å².